The molecule has 0 spiro atoms. The number of ether oxygens (including phenoxy) is 5. The van der Waals surface area contributed by atoms with Crippen LogP contribution in [-0.4, -0.2) is 77.6 Å². The largest absolute Gasteiger partial charge is 0.494 e. The van der Waals surface area contributed by atoms with Gasteiger partial charge in [0.2, 0.25) is 5.91 Å². The molecule has 0 aliphatic rings. The van der Waals surface area contributed by atoms with Gasteiger partial charge in [-0.2, -0.15) is 0 Å². The first-order valence-electron chi connectivity index (χ1n) is 11.0. The number of benzene rings is 1. The van der Waals surface area contributed by atoms with E-state index in [1.165, 1.54) is 0 Å². The van der Waals surface area contributed by atoms with Crippen LogP contribution >= 0.6 is 0 Å². The summed E-state index contributed by atoms with van der Waals surface area (Å²) in [5, 5.41) is 10.4. The average molecular weight is 439 g/mol. The summed E-state index contributed by atoms with van der Waals surface area (Å²) in [6, 6.07) is 7.39. The third-order valence-corrected chi connectivity index (χ3v) is 4.14. The minimum atomic E-state index is -0.0155. The highest BCUT2D eigenvalue weighted by molar-refractivity contribution is 5.96. The van der Waals surface area contributed by atoms with E-state index >= 15 is 0 Å². The van der Waals surface area contributed by atoms with Crippen LogP contribution in [-0.2, 0) is 23.7 Å². The van der Waals surface area contributed by atoms with Crippen LogP contribution < -0.4 is 10.1 Å². The standard InChI is InChI=1S/C23H38N2O6/c1-3-11-27-14-16-29-18-19-30-17-15-28-13-10-25-23(26)5-4-12-31-22-8-6-21(7-9-22)20(2)24/h6-9,24H,3-5,10-19H2,1-2H3,(H,25,26). The minimum absolute atomic E-state index is 0.0155. The lowest BCUT2D eigenvalue weighted by Gasteiger charge is -2.09. The Labute approximate surface area is 186 Å². The van der Waals surface area contributed by atoms with Gasteiger partial charge < -0.3 is 34.4 Å². The van der Waals surface area contributed by atoms with Crippen LogP contribution in [0.4, 0.5) is 0 Å². The highest BCUT2D eigenvalue weighted by Crippen LogP contribution is 2.13. The monoisotopic (exact) mass is 438 g/mol. The Kier molecular flexibility index (Phi) is 16.3. The molecule has 0 saturated heterocycles. The van der Waals surface area contributed by atoms with Gasteiger partial charge in [0.1, 0.15) is 5.75 Å². The smallest absolute Gasteiger partial charge is 0.220 e. The number of nitrogens with one attached hydrogen (secondary N) is 2. The van der Waals surface area contributed by atoms with Crippen molar-refractivity contribution in [2.45, 2.75) is 33.1 Å². The van der Waals surface area contributed by atoms with E-state index in [0.717, 1.165) is 24.3 Å². The van der Waals surface area contributed by atoms with Crippen LogP contribution in [0.5, 0.6) is 5.75 Å². The van der Waals surface area contributed by atoms with Crippen molar-refractivity contribution in [1.29, 1.82) is 5.41 Å². The zero-order valence-electron chi connectivity index (χ0n) is 19.0. The summed E-state index contributed by atoms with van der Waals surface area (Å²) in [5.74, 6) is 0.729. The second-order valence-corrected chi connectivity index (χ2v) is 6.90. The third-order valence-electron chi connectivity index (χ3n) is 4.14. The van der Waals surface area contributed by atoms with E-state index in [4.69, 9.17) is 29.1 Å². The van der Waals surface area contributed by atoms with E-state index in [2.05, 4.69) is 12.2 Å². The molecule has 0 aromatic heterocycles. The molecular formula is C23H38N2O6. The van der Waals surface area contributed by atoms with Crippen LogP contribution in [0, 0.1) is 5.41 Å². The van der Waals surface area contributed by atoms with Crippen molar-refractivity contribution in [2.75, 3.05) is 66.0 Å². The average Bonchev–Trinajstić information content (AvgIpc) is 2.77. The molecule has 0 aliphatic carbocycles. The fourth-order valence-corrected chi connectivity index (χ4v) is 2.48. The minimum Gasteiger partial charge on any atom is -0.494 e. The number of hydrogen-bond donors (Lipinski definition) is 2. The van der Waals surface area contributed by atoms with Crippen molar-refractivity contribution in [3.63, 3.8) is 0 Å². The van der Waals surface area contributed by atoms with E-state index in [9.17, 15) is 4.79 Å². The van der Waals surface area contributed by atoms with Gasteiger partial charge in [-0.25, -0.2) is 0 Å². The number of carbonyl (C=O) groups excluding carboxylic acids is 1. The van der Waals surface area contributed by atoms with Crippen molar-refractivity contribution >= 4 is 11.6 Å². The molecule has 1 amide bonds. The molecule has 0 unspecified atom stereocenters. The topological polar surface area (TPSA) is 99.1 Å². The van der Waals surface area contributed by atoms with Crippen LogP contribution in [0.1, 0.15) is 38.7 Å². The molecule has 0 fully saturated rings. The lowest BCUT2D eigenvalue weighted by molar-refractivity contribution is -0.121. The van der Waals surface area contributed by atoms with E-state index in [-0.39, 0.29) is 5.91 Å². The van der Waals surface area contributed by atoms with Gasteiger partial charge in [0.05, 0.1) is 52.9 Å². The van der Waals surface area contributed by atoms with Crippen molar-refractivity contribution < 1.29 is 28.5 Å². The molecule has 31 heavy (non-hydrogen) atoms. The van der Waals surface area contributed by atoms with E-state index < -0.39 is 0 Å². The lowest BCUT2D eigenvalue weighted by Crippen LogP contribution is -2.27. The van der Waals surface area contributed by atoms with E-state index in [1.807, 2.05) is 24.3 Å². The lowest BCUT2D eigenvalue weighted by atomic mass is 10.1. The molecule has 8 heteroatoms. The maximum absolute atomic E-state index is 11.8. The molecule has 1 aromatic carbocycles. The molecular weight excluding hydrogens is 400 g/mol. The Hall–Kier alpha value is -2.00. The number of amides is 1. The Balaban J connectivity index is 1.85. The molecule has 0 saturated carbocycles. The Morgan fingerprint density at radius 2 is 1.39 bits per heavy atom. The Morgan fingerprint density at radius 1 is 0.839 bits per heavy atom. The van der Waals surface area contributed by atoms with Gasteiger partial charge in [-0.05, 0) is 49.6 Å². The SMILES string of the molecule is CCCOCCOCCOCCOCCNC(=O)CCCOc1ccc(C(C)=N)cc1. The normalized spacial score (nSPS) is 10.8. The number of hydrogen-bond acceptors (Lipinski definition) is 7. The van der Waals surface area contributed by atoms with Crippen molar-refractivity contribution in [3.05, 3.63) is 29.8 Å². The first-order valence-corrected chi connectivity index (χ1v) is 11.0. The summed E-state index contributed by atoms with van der Waals surface area (Å²) in [4.78, 5) is 11.8. The van der Waals surface area contributed by atoms with Crippen LogP contribution in [0.25, 0.3) is 0 Å². The molecule has 1 aromatic rings. The summed E-state index contributed by atoms with van der Waals surface area (Å²) in [6.45, 7) is 9.27. The third kappa shape index (κ3) is 15.5. The highest BCUT2D eigenvalue weighted by atomic mass is 16.6. The van der Waals surface area contributed by atoms with Gasteiger partial charge in [-0.3, -0.25) is 4.79 Å². The summed E-state index contributed by atoms with van der Waals surface area (Å²) < 4.78 is 27.1. The van der Waals surface area contributed by atoms with Crippen molar-refractivity contribution in [1.82, 2.24) is 5.32 Å². The molecule has 0 atom stereocenters. The first kappa shape index (κ1) is 27.0. The summed E-state index contributed by atoms with van der Waals surface area (Å²) in [6.07, 6.45) is 2.06. The maximum atomic E-state index is 11.8. The Morgan fingerprint density at radius 3 is 1.94 bits per heavy atom. The maximum Gasteiger partial charge on any atom is 0.220 e. The second kappa shape index (κ2) is 18.7. The second-order valence-electron chi connectivity index (χ2n) is 6.90. The summed E-state index contributed by atoms with van der Waals surface area (Å²) >= 11 is 0. The molecule has 0 heterocycles. The van der Waals surface area contributed by atoms with E-state index in [0.29, 0.717) is 78.0 Å². The number of rotatable bonds is 20. The zero-order valence-corrected chi connectivity index (χ0v) is 19.0. The van der Waals surface area contributed by atoms with Gasteiger partial charge >= 0.3 is 0 Å². The molecule has 0 radical (unpaired) electrons. The van der Waals surface area contributed by atoms with Gasteiger partial charge in [-0.1, -0.05) is 6.92 Å². The quantitative estimate of drug-likeness (QED) is 0.240. The molecule has 0 aliphatic heterocycles. The summed E-state index contributed by atoms with van der Waals surface area (Å²) in [7, 11) is 0. The Bertz CT molecular complexity index is 594. The zero-order chi connectivity index (χ0) is 22.6. The molecule has 8 nitrogen and oxygen atoms in total. The van der Waals surface area contributed by atoms with Crippen LogP contribution in [0.15, 0.2) is 24.3 Å². The predicted molar refractivity (Wildman–Crippen MR) is 120 cm³/mol. The molecule has 2 N–H and O–H groups in total. The fourth-order valence-electron chi connectivity index (χ4n) is 2.48. The summed E-state index contributed by atoms with van der Waals surface area (Å²) in [5.41, 5.74) is 1.40. The fraction of sp³-hybridized carbons (Fsp3) is 0.652. The van der Waals surface area contributed by atoms with Gasteiger partial charge in [-0.15, -0.1) is 0 Å². The first-order chi connectivity index (χ1) is 15.1. The highest BCUT2D eigenvalue weighted by Gasteiger charge is 2.02. The molecule has 176 valence electrons. The predicted octanol–water partition coefficient (Wildman–Crippen LogP) is 2.83. The van der Waals surface area contributed by atoms with Crippen molar-refractivity contribution in [3.8, 4) is 5.75 Å². The van der Waals surface area contributed by atoms with E-state index in [1.54, 1.807) is 6.92 Å². The molecule has 1 rings (SSSR count). The van der Waals surface area contributed by atoms with Crippen molar-refractivity contribution in [2.24, 2.45) is 0 Å². The van der Waals surface area contributed by atoms with Gasteiger partial charge in [0.15, 0.2) is 0 Å². The molecule has 0 bridgehead atoms. The van der Waals surface area contributed by atoms with Gasteiger partial charge in [0, 0.05) is 25.3 Å². The van der Waals surface area contributed by atoms with Gasteiger partial charge in [0.25, 0.3) is 0 Å². The van der Waals surface area contributed by atoms with Crippen LogP contribution in [0.3, 0.4) is 0 Å². The number of carbonyl (C=O) groups is 1. The van der Waals surface area contributed by atoms with Crippen LogP contribution in [0.2, 0.25) is 0 Å².